The number of nitrogen functional groups attached to an aromatic ring is 2. The van der Waals surface area contributed by atoms with Gasteiger partial charge in [-0.15, -0.1) is 0 Å². The van der Waals surface area contributed by atoms with Gasteiger partial charge in [-0.1, -0.05) is 76.1 Å². The summed E-state index contributed by atoms with van der Waals surface area (Å²) in [4.78, 5) is 0. The Morgan fingerprint density at radius 2 is 0.921 bits per heavy atom. The Balaban J connectivity index is 1.95. The van der Waals surface area contributed by atoms with Crippen LogP contribution in [0.25, 0.3) is 0 Å². The molecule has 0 aromatic heterocycles. The first-order valence-corrected chi connectivity index (χ1v) is 13.8. The minimum absolute atomic E-state index is 0.638. The Hall–Kier alpha value is -4.02. The SMILES string of the molecule is CCCCCCOc1cc(C#Cc2ccc(N)cc2)c(OCCCCCC)cc1C#Cc1ccc(N)cc1. The third-order valence-electron chi connectivity index (χ3n) is 6.10. The standard InChI is InChI=1S/C34H40N2O2/c1-3-5-7-9-23-37-33-25-30(18-12-28-15-21-32(36)22-16-28)34(38-24-10-8-6-4-2)26-29(33)17-11-27-13-19-31(35)20-14-27/h13-16,19-22,25-26H,3-10,23-24,35-36H2,1-2H3. The monoisotopic (exact) mass is 508 g/mol. The van der Waals surface area contributed by atoms with Gasteiger partial charge in [-0.3, -0.25) is 0 Å². The van der Waals surface area contributed by atoms with Crippen molar-refractivity contribution in [1.82, 2.24) is 0 Å². The highest BCUT2D eigenvalue weighted by Gasteiger charge is 2.11. The molecule has 3 rings (SSSR count). The highest BCUT2D eigenvalue weighted by molar-refractivity contribution is 5.61. The molecule has 0 spiro atoms. The van der Waals surface area contributed by atoms with Crippen molar-refractivity contribution >= 4 is 11.4 Å². The average molecular weight is 509 g/mol. The van der Waals surface area contributed by atoms with E-state index in [0.29, 0.717) is 13.2 Å². The van der Waals surface area contributed by atoms with Gasteiger partial charge in [0, 0.05) is 34.6 Å². The molecular formula is C34H40N2O2. The van der Waals surface area contributed by atoms with Crippen LogP contribution in [0.2, 0.25) is 0 Å². The Labute approximate surface area is 228 Å². The number of hydrogen-bond acceptors (Lipinski definition) is 4. The van der Waals surface area contributed by atoms with E-state index in [1.165, 1.54) is 25.7 Å². The van der Waals surface area contributed by atoms with Gasteiger partial charge in [0.2, 0.25) is 0 Å². The van der Waals surface area contributed by atoms with Crippen molar-refractivity contribution in [2.75, 3.05) is 24.7 Å². The minimum atomic E-state index is 0.638. The summed E-state index contributed by atoms with van der Waals surface area (Å²) in [5.41, 5.74) is 16.5. The van der Waals surface area contributed by atoms with Crippen LogP contribution in [0, 0.1) is 23.7 Å². The largest absolute Gasteiger partial charge is 0.492 e. The van der Waals surface area contributed by atoms with Crippen molar-refractivity contribution in [3.63, 3.8) is 0 Å². The van der Waals surface area contributed by atoms with Gasteiger partial charge in [-0.2, -0.15) is 0 Å². The molecule has 3 aromatic rings. The van der Waals surface area contributed by atoms with E-state index in [4.69, 9.17) is 20.9 Å². The predicted octanol–water partition coefficient (Wildman–Crippen LogP) is 7.57. The summed E-state index contributed by atoms with van der Waals surface area (Å²) >= 11 is 0. The molecule has 0 aliphatic heterocycles. The second kappa shape index (κ2) is 16.0. The van der Waals surface area contributed by atoms with Crippen LogP contribution < -0.4 is 20.9 Å². The first-order chi connectivity index (χ1) is 18.6. The van der Waals surface area contributed by atoms with Gasteiger partial charge < -0.3 is 20.9 Å². The Bertz CT molecular complexity index is 1160. The highest BCUT2D eigenvalue weighted by Crippen LogP contribution is 2.29. The Morgan fingerprint density at radius 1 is 0.526 bits per heavy atom. The van der Waals surface area contributed by atoms with Crippen molar-refractivity contribution in [2.45, 2.75) is 65.2 Å². The predicted molar refractivity (Wildman–Crippen MR) is 159 cm³/mol. The normalized spacial score (nSPS) is 10.2. The zero-order valence-corrected chi connectivity index (χ0v) is 22.8. The van der Waals surface area contributed by atoms with Crippen LogP contribution in [0.5, 0.6) is 11.5 Å². The van der Waals surface area contributed by atoms with Crippen molar-refractivity contribution in [3.05, 3.63) is 82.9 Å². The maximum Gasteiger partial charge on any atom is 0.136 e. The first kappa shape index (κ1) is 28.5. The summed E-state index contributed by atoms with van der Waals surface area (Å²) in [6.45, 7) is 5.69. The van der Waals surface area contributed by atoms with Crippen LogP contribution in [0.4, 0.5) is 11.4 Å². The number of benzene rings is 3. The fourth-order valence-electron chi connectivity index (χ4n) is 3.83. The first-order valence-electron chi connectivity index (χ1n) is 13.8. The van der Waals surface area contributed by atoms with E-state index in [-0.39, 0.29) is 0 Å². The van der Waals surface area contributed by atoms with Gasteiger partial charge in [0.25, 0.3) is 0 Å². The van der Waals surface area contributed by atoms with Crippen molar-refractivity contribution in [2.24, 2.45) is 0 Å². The lowest BCUT2D eigenvalue weighted by molar-refractivity contribution is 0.295. The van der Waals surface area contributed by atoms with Gasteiger partial charge in [0.05, 0.1) is 24.3 Å². The van der Waals surface area contributed by atoms with Gasteiger partial charge in [0.1, 0.15) is 11.5 Å². The lowest BCUT2D eigenvalue weighted by Crippen LogP contribution is -2.03. The Morgan fingerprint density at radius 3 is 1.29 bits per heavy atom. The summed E-state index contributed by atoms with van der Waals surface area (Å²) < 4.78 is 12.5. The number of anilines is 2. The molecule has 0 aliphatic rings. The fourth-order valence-corrected chi connectivity index (χ4v) is 3.83. The van der Waals surface area contributed by atoms with Gasteiger partial charge in [-0.25, -0.2) is 0 Å². The number of rotatable bonds is 12. The number of hydrogen-bond donors (Lipinski definition) is 2. The summed E-state index contributed by atoms with van der Waals surface area (Å²) in [6, 6.07) is 19.1. The molecule has 4 N–H and O–H groups in total. The molecule has 198 valence electrons. The average Bonchev–Trinajstić information content (AvgIpc) is 2.93. The van der Waals surface area contributed by atoms with E-state index < -0.39 is 0 Å². The van der Waals surface area contributed by atoms with Gasteiger partial charge in [0.15, 0.2) is 0 Å². The summed E-state index contributed by atoms with van der Waals surface area (Å²) in [5.74, 6) is 14.5. The van der Waals surface area contributed by atoms with Crippen LogP contribution in [0.1, 0.15) is 87.5 Å². The molecule has 0 saturated heterocycles. The van der Waals surface area contributed by atoms with Crippen molar-refractivity contribution in [1.29, 1.82) is 0 Å². The minimum Gasteiger partial charge on any atom is -0.492 e. The molecule has 0 unspecified atom stereocenters. The van der Waals surface area contributed by atoms with E-state index in [2.05, 4.69) is 37.5 Å². The lowest BCUT2D eigenvalue weighted by Gasteiger charge is -2.14. The molecule has 4 nitrogen and oxygen atoms in total. The molecule has 0 saturated carbocycles. The zero-order chi connectivity index (χ0) is 27.0. The third kappa shape index (κ3) is 9.79. The molecule has 4 heteroatoms. The second-order valence-corrected chi connectivity index (χ2v) is 9.41. The van der Waals surface area contributed by atoms with Crippen LogP contribution in [-0.2, 0) is 0 Å². The molecule has 0 radical (unpaired) electrons. The van der Waals surface area contributed by atoms with Crippen LogP contribution in [0.15, 0.2) is 60.7 Å². The molecule has 0 heterocycles. The van der Waals surface area contributed by atoms with Gasteiger partial charge >= 0.3 is 0 Å². The molecule has 0 amide bonds. The topological polar surface area (TPSA) is 70.5 Å². The van der Waals surface area contributed by atoms with E-state index in [0.717, 1.165) is 70.8 Å². The maximum atomic E-state index is 6.25. The Kier molecular flexibility index (Phi) is 12.0. The number of unbranched alkanes of at least 4 members (excludes halogenated alkanes) is 6. The highest BCUT2D eigenvalue weighted by atomic mass is 16.5. The lowest BCUT2D eigenvalue weighted by atomic mass is 10.1. The maximum absolute atomic E-state index is 6.25. The third-order valence-corrected chi connectivity index (χ3v) is 6.10. The van der Waals surface area contributed by atoms with E-state index >= 15 is 0 Å². The zero-order valence-electron chi connectivity index (χ0n) is 22.8. The molecule has 0 fully saturated rings. The molecule has 38 heavy (non-hydrogen) atoms. The molecule has 0 atom stereocenters. The van der Waals surface area contributed by atoms with Crippen LogP contribution in [-0.4, -0.2) is 13.2 Å². The van der Waals surface area contributed by atoms with Gasteiger partial charge in [-0.05, 0) is 61.4 Å². The number of ether oxygens (including phenoxy) is 2. The van der Waals surface area contributed by atoms with E-state index in [9.17, 15) is 0 Å². The smallest absolute Gasteiger partial charge is 0.136 e. The van der Waals surface area contributed by atoms with Crippen molar-refractivity contribution in [3.8, 4) is 35.2 Å². The molecule has 0 aliphatic carbocycles. The molecule has 0 bridgehead atoms. The molecule has 3 aromatic carbocycles. The summed E-state index contributed by atoms with van der Waals surface area (Å²) in [7, 11) is 0. The van der Waals surface area contributed by atoms with Crippen LogP contribution in [0.3, 0.4) is 0 Å². The second-order valence-electron chi connectivity index (χ2n) is 9.41. The summed E-state index contributed by atoms with van der Waals surface area (Å²) in [6.07, 6.45) is 9.08. The quantitative estimate of drug-likeness (QED) is 0.150. The van der Waals surface area contributed by atoms with Crippen molar-refractivity contribution < 1.29 is 9.47 Å². The van der Waals surface area contributed by atoms with E-state index in [1.54, 1.807) is 0 Å². The van der Waals surface area contributed by atoms with E-state index in [1.807, 2.05) is 60.7 Å². The summed E-state index contributed by atoms with van der Waals surface area (Å²) in [5, 5.41) is 0. The number of nitrogens with two attached hydrogens (primary N) is 2. The molecular weight excluding hydrogens is 468 g/mol. The van der Waals surface area contributed by atoms with Crippen LogP contribution >= 0.6 is 0 Å². The fraction of sp³-hybridized carbons (Fsp3) is 0.353.